The Labute approximate surface area is 126 Å². The van der Waals surface area contributed by atoms with Crippen molar-refractivity contribution in [3.8, 4) is 0 Å². The van der Waals surface area contributed by atoms with Crippen molar-refractivity contribution in [1.82, 2.24) is 9.71 Å². The van der Waals surface area contributed by atoms with Crippen LogP contribution in [0.2, 0.25) is 0 Å². The van der Waals surface area contributed by atoms with Crippen LogP contribution in [0.5, 0.6) is 0 Å². The molecule has 1 aromatic heterocycles. The van der Waals surface area contributed by atoms with Crippen LogP contribution in [-0.2, 0) is 10.0 Å². The number of hydrogen-bond donors (Lipinski definition) is 2. The van der Waals surface area contributed by atoms with Gasteiger partial charge in [0, 0.05) is 25.5 Å². The Bertz CT molecular complexity index is 492. The predicted octanol–water partition coefficient (Wildman–Crippen LogP) is 2.33. The summed E-state index contributed by atoms with van der Waals surface area (Å²) in [5, 5.41) is 3.04. The predicted molar refractivity (Wildman–Crippen MR) is 85.8 cm³/mol. The third-order valence-electron chi connectivity index (χ3n) is 2.76. The fourth-order valence-corrected chi connectivity index (χ4v) is 3.45. The highest BCUT2D eigenvalue weighted by Gasteiger charge is 2.17. The van der Waals surface area contributed by atoms with E-state index >= 15 is 0 Å². The molecular weight excluding hydrogens is 294 g/mol. The summed E-state index contributed by atoms with van der Waals surface area (Å²) in [7, 11) is -3.49. The number of anilines is 1. The molecule has 0 saturated carbocycles. The number of nitrogens with one attached hydrogen (secondary N) is 2. The normalized spacial score (nSPS) is 11.5. The van der Waals surface area contributed by atoms with Crippen molar-refractivity contribution in [1.29, 1.82) is 0 Å². The number of rotatable bonds is 10. The van der Waals surface area contributed by atoms with Gasteiger partial charge < -0.3 is 5.32 Å². The molecule has 0 aromatic carbocycles. The second kappa shape index (κ2) is 9.20. The van der Waals surface area contributed by atoms with Crippen LogP contribution in [0.4, 0.5) is 5.69 Å². The highest BCUT2D eigenvalue weighted by Crippen LogP contribution is 2.19. The van der Waals surface area contributed by atoms with Crippen LogP contribution in [0.15, 0.2) is 23.4 Å². The molecule has 114 valence electrons. The molecule has 5 nitrogen and oxygen atoms in total. The first-order chi connectivity index (χ1) is 9.61. The van der Waals surface area contributed by atoms with E-state index in [1.54, 1.807) is 12.3 Å². The van der Waals surface area contributed by atoms with E-state index in [2.05, 4.69) is 21.3 Å². The Hall–Kier alpha value is -0.790. The van der Waals surface area contributed by atoms with Crippen LogP contribution in [0.3, 0.4) is 0 Å². The molecule has 0 aliphatic carbocycles. The molecule has 20 heavy (non-hydrogen) atoms. The highest BCUT2D eigenvalue weighted by molar-refractivity contribution is 7.98. The van der Waals surface area contributed by atoms with Crippen LogP contribution in [-0.4, -0.2) is 38.5 Å². The minimum Gasteiger partial charge on any atom is -0.384 e. The summed E-state index contributed by atoms with van der Waals surface area (Å²) in [5.41, 5.74) is 0.595. The number of pyridine rings is 1. The van der Waals surface area contributed by atoms with Crippen molar-refractivity contribution in [3.05, 3.63) is 18.5 Å². The van der Waals surface area contributed by atoms with Crippen molar-refractivity contribution in [2.24, 2.45) is 0 Å². The molecule has 0 spiro atoms. The molecular formula is C13H23N3O2S2. The number of unbranched alkanes of at least 4 members (excludes halogenated alkanes) is 2. The Balaban J connectivity index is 2.56. The summed E-state index contributed by atoms with van der Waals surface area (Å²) in [4.78, 5) is 4.11. The van der Waals surface area contributed by atoms with E-state index in [0.29, 0.717) is 18.8 Å². The lowest BCUT2D eigenvalue weighted by atomic mass is 10.2. The van der Waals surface area contributed by atoms with Crippen molar-refractivity contribution in [3.63, 3.8) is 0 Å². The molecule has 0 radical (unpaired) electrons. The van der Waals surface area contributed by atoms with Crippen molar-refractivity contribution >= 4 is 27.5 Å². The molecule has 0 amide bonds. The first-order valence-corrected chi connectivity index (χ1v) is 9.66. The molecule has 0 fully saturated rings. The lowest BCUT2D eigenvalue weighted by Gasteiger charge is -2.11. The van der Waals surface area contributed by atoms with Crippen LogP contribution >= 0.6 is 11.8 Å². The van der Waals surface area contributed by atoms with Gasteiger partial charge in [0.25, 0.3) is 0 Å². The fourth-order valence-electron chi connectivity index (χ4n) is 1.76. The van der Waals surface area contributed by atoms with E-state index in [1.807, 2.05) is 18.7 Å². The first kappa shape index (κ1) is 17.3. The maximum absolute atomic E-state index is 12.2. The lowest BCUT2D eigenvalue weighted by Crippen LogP contribution is -2.26. The van der Waals surface area contributed by atoms with Gasteiger partial charge in [-0.05, 0) is 37.8 Å². The SMILES string of the molecule is CCNc1ccncc1S(=O)(=O)NCCCCCSC. The van der Waals surface area contributed by atoms with Gasteiger partial charge in [0.1, 0.15) is 4.90 Å². The van der Waals surface area contributed by atoms with E-state index in [1.165, 1.54) is 6.20 Å². The standard InChI is InChI=1S/C13H23N3O2S2/c1-3-15-12-7-9-14-11-13(12)20(17,18)16-8-5-4-6-10-19-2/h7,9,11,16H,3-6,8,10H2,1-2H3,(H,14,15). The third-order valence-corrected chi connectivity index (χ3v) is 4.94. The quantitative estimate of drug-likeness (QED) is 0.648. The van der Waals surface area contributed by atoms with E-state index in [0.717, 1.165) is 25.0 Å². The van der Waals surface area contributed by atoms with Gasteiger partial charge in [0.15, 0.2) is 0 Å². The molecule has 1 aromatic rings. The molecule has 0 bridgehead atoms. The third kappa shape index (κ3) is 5.68. The van der Waals surface area contributed by atoms with Crippen LogP contribution in [0.1, 0.15) is 26.2 Å². The number of aromatic nitrogens is 1. The van der Waals surface area contributed by atoms with Gasteiger partial charge >= 0.3 is 0 Å². The number of nitrogens with zero attached hydrogens (tertiary/aromatic N) is 1. The topological polar surface area (TPSA) is 71.1 Å². The summed E-state index contributed by atoms with van der Waals surface area (Å²) < 4.78 is 27.1. The second-order valence-corrected chi connectivity index (χ2v) is 7.07. The summed E-state index contributed by atoms with van der Waals surface area (Å²) in [6, 6.07) is 1.68. The monoisotopic (exact) mass is 317 g/mol. The van der Waals surface area contributed by atoms with Crippen molar-refractivity contribution in [2.45, 2.75) is 31.1 Å². The minimum absolute atomic E-state index is 0.214. The minimum atomic E-state index is -3.49. The van der Waals surface area contributed by atoms with E-state index in [4.69, 9.17) is 0 Å². The van der Waals surface area contributed by atoms with Crippen LogP contribution in [0.25, 0.3) is 0 Å². The van der Waals surface area contributed by atoms with E-state index in [9.17, 15) is 8.42 Å². The van der Waals surface area contributed by atoms with Crippen LogP contribution < -0.4 is 10.0 Å². The summed E-state index contributed by atoms with van der Waals surface area (Å²) in [6.07, 6.45) is 8.06. The molecule has 0 atom stereocenters. The zero-order chi connectivity index (χ0) is 14.8. The largest absolute Gasteiger partial charge is 0.384 e. The average Bonchev–Trinajstić information content (AvgIpc) is 2.43. The number of thioether (sulfide) groups is 1. The van der Waals surface area contributed by atoms with Gasteiger partial charge in [-0.3, -0.25) is 4.98 Å². The molecule has 1 rings (SSSR count). The molecule has 0 aliphatic rings. The van der Waals surface area contributed by atoms with Gasteiger partial charge in [-0.1, -0.05) is 6.42 Å². The smallest absolute Gasteiger partial charge is 0.244 e. The van der Waals surface area contributed by atoms with Gasteiger partial charge in [-0.25, -0.2) is 13.1 Å². The molecule has 0 unspecified atom stereocenters. The second-order valence-electron chi connectivity index (χ2n) is 4.35. The molecule has 7 heteroatoms. The van der Waals surface area contributed by atoms with Gasteiger partial charge in [0.2, 0.25) is 10.0 Å². The van der Waals surface area contributed by atoms with Gasteiger partial charge in [0.05, 0.1) is 5.69 Å². The zero-order valence-electron chi connectivity index (χ0n) is 12.1. The summed E-state index contributed by atoms with van der Waals surface area (Å²) in [6.45, 7) is 3.06. The van der Waals surface area contributed by atoms with Gasteiger partial charge in [-0.2, -0.15) is 11.8 Å². The number of sulfonamides is 1. The van der Waals surface area contributed by atoms with Crippen LogP contribution in [0, 0.1) is 0 Å². The Morgan fingerprint density at radius 3 is 2.80 bits per heavy atom. The van der Waals surface area contributed by atoms with E-state index in [-0.39, 0.29) is 4.90 Å². The van der Waals surface area contributed by atoms with E-state index < -0.39 is 10.0 Å². The van der Waals surface area contributed by atoms with Crippen molar-refractivity contribution < 1.29 is 8.42 Å². The van der Waals surface area contributed by atoms with Crippen molar-refractivity contribution in [2.75, 3.05) is 30.4 Å². The zero-order valence-corrected chi connectivity index (χ0v) is 13.7. The Kier molecular flexibility index (Phi) is 7.94. The summed E-state index contributed by atoms with van der Waals surface area (Å²) >= 11 is 1.81. The van der Waals surface area contributed by atoms with Gasteiger partial charge in [-0.15, -0.1) is 0 Å². The Morgan fingerprint density at radius 2 is 2.10 bits per heavy atom. The molecule has 0 aliphatic heterocycles. The first-order valence-electron chi connectivity index (χ1n) is 6.78. The number of hydrogen-bond acceptors (Lipinski definition) is 5. The maximum Gasteiger partial charge on any atom is 0.244 e. The Morgan fingerprint density at radius 1 is 1.30 bits per heavy atom. The molecule has 2 N–H and O–H groups in total. The highest BCUT2D eigenvalue weighted by atomic mass is 32.2. The maximum atomic E-state index is 12.2. The summed E-state index contributed by atoms with van der Waals surface area (Å²) in [5.74, 6) is 1.12. The average molecular weight is 317 g/mol. The fraction of sp³-hybridized carbons (Fsp3) is 0.615. The molecule has 0 saturated heterocycles. The lowest BCUT2D eigenvalue weighted by molar-refractivity contribution is 0.576. The molecule has 1 heterocycles.